The summed E-state index contributed by atoms with van der Waals surface area (Å²) in [7, 11) is 0. The number of carbonyl (C=O) groups excluding carboxylic acids is 1. The van der Waals surface area contributed by atoms with Crippen molar-refractivity contribution in [1.82, 2.24) is 9.80 Å². The van der Waals surface area contributed by atoms with E-state index in [-0.39, 0.29) is 11.6 Å². The molecule has 4 heteroatoms. The lowest BCUT2D eigenvalue weighted by atomic mass is 9.82. The normalized spacial score (nSPS) is 21.7. The zero-order valence-corrected chi connectivity index (χ0v) is 18.8. The smallest absolute Gasteiger partial charge is 0.188 e. The number of halogens is 1. The molecule has 164 valence electrons. The van der Waals surface area contributed by atoms with Crippen molar-refractivity contribution in [3.05, 3.63) is 106 Å². The number of Topliss-reactive ketones (excluding diaryl/α,β-unsaturated/α-hetero) is 1. The molecule has 3 aromatic carbocycles. The quantitative estimate of drug-likeness (QED) is 0.591. The number of hydrogen-bond acceptors (Lipinski definition) is 3. The van der Waals surface area contributed by atoms with Crippen LogP contribution in [0.4, 0.5) is 4.39 Å². The van der Waals surface area contributed by atoms with E-state index in [1.54, 1.807) is 12.1 Å². The molecule has 1 aliphatic heterocycles. The van der Waals surface area contributed by atoms with Crippen LogP contribution in [0.25, 0.3) is 0 Å². The Labute approximate surface area is 189 Å². The molecule has 0 radical (unpaired) electrons. The second-order valence-electron chi connectivity index (χ2n) is 9.19. The molecule has 3 aromatic rings. The number of hydrogen-bond donors (Lipinski definition) is 0. The lowest BCUT2D eigenvalue weighted by Crippen LogP contribution is -2.58. The number of fused-ring (bicyclic) bond motifs is 1. The molecule has 1 atom stereocenters. The van der Waals surface area contributed by atoms with E-state index in [0.717, 1.165) is 43.9 Å². The Morgan fingerprint density at radius 3 is 2.38 bits per heavy atom. The van der Waals surface area contributed by atoms with Crippen LogP contribution in [0.3, 0.4) is 0 Å². The molecule has 0 unspecified atom stereocenters. The molecule has 1 saturated heterocycles. The zero-order valence-electron chi connectivity index (χ0n) is 18.8. The third kappa shape index (κ3) is 3.48. The van der Waals surface area contributed by atoms with Gasteiger partial charge < -0.3 is 0 Å². The molecule has 1 fully saturated rings. The molecule has 0 saturated carbocycles. The summed E-state index contributed by atoms with van der Waals surface area (Å²) in [6.45, 7) is 8.44. The van der Waals surface area contributed by atoms with Gasteiger partial charge in [0.15, 0.2) is 5.78 Å². The molecule has 1 heterocycles. The van der Waals surface area contributed by atoms with Gasteiger partial charge in [-0.05, 0) is 36.6 Å². The maximum Gasteiger partial charge on any atom is 0.188 e. The number of ketones is 1. The van der Waals surface area contributed by atoms with Crippen LogP contribution in [0.15, 0.2) is 66.7 Å². The average Bonchev–Trinajstić information content (AvgIpc) is 3.11. The van der Waals surface area contributed by atoms with E-state index in [1.165, 1.54) is 17.2 Å². The first-order valence-corrected chi connectivity index (χ1v) is 11.4. The molecule has 0 aromatic heterocycles. The molecule has 2 aliphatic rings. The van der Waals surface area contributed by atoms with Gasteiger partial charge in [0.25, 0.3) is 0 Å². The minimum atomic E-state index is -0.828. The highest BCUT2D eigenvalue weighted by atomic mass is 19.1. The number of carbonyl (C=O) groups is 1. The van der Waals surface area contributed by atoms with Gasteiger partial charge in [-0.25, -0.2) is 4.39 Å². The minimum absolute atomic E-state index is 0.0324. The molecule has 32 heavy (non-hydrogen) atoms. The van der Waals surface area contributed by atoms with Crippen molar-refractivity contribution in [1.29, 1.82) is 0 Å². The highest BCUT2D eigenvalue weighted by Crippen LogP contribution is 2.44. The van der Waals surface area contributed by atoms with Gasteiger partial charge in [0.05, 0.1) is 0 Å². The monoisotopic (exact) mass is 428 g/mol. The Morgan fingerprint density at radius 1 is 0.906 bits per heavy atom. The van der Waals surface area contributed by atoms with Gasteiger partial charge in [0.1, 0.15) is 11.4 Å². The molecule has 0 N–H and O–H groups in total. The number of piperazine rings is 1. The predicted molar refractivity (Wildman–Crippen MR) is 125 cm³/mol. The summed E-state index contributed by atoms with van der Waals surface area (Å²) >= 11 is 0. The first-order valence-electron chi connectivity index (χ1n) is 11.4. The average molecular weight is 429 g/mol. The van der Waals surface area contributed by atoms with E-state index in [1.807, 2.05) is 25.1 Å². The molecule has 0 amide bonds. The van der Waals surface area contributed by atoms with E-state index >= 15 is 0 Å². The van der Waals surface area contributed by atoms with Gasteiger partial charge in [-0.3, -0.25) is 14.6 Å². The Balaban J connectivity index is 1.45. The van der Waals surface area contributed by atoms with Crippen molar-refractivity contribution in [2.45, 2.75) is 32.4 Å². The summed E-state index contributed by atoms with van der Waals surface area (Å²) < 4.78 is 14.7. The van der Waals surface area contributed by atoms with Crippen molar-refractivity contribution in [2.24, 2.45) is 0 Å². The topological polar surface area (TPSA) is 23.6 Å². The first-order chi connectivity index (χ1) is 15.5. The third-order valence-electron chi connectivity index (χ3n) is 7.23. The van der Waals surface area contributed by atoms with Crippen LogP contribution >= 0.6 is 0 Å². The standard InChI is InChI=1S/C28H29FN2O/c1-20-7-5-10-23(17-20)28(18-25-24(27(28)32)11-6-12-26(25)29)31-15-13-30(14-16-31)19-22-9-4-3-8-21(22)2/h3-12,17H,13-16,18-19H2,1-2H3/t28-/m1/s1. The lowest BCUT2D eigenvalue weighted by Gasteiger charge is -2.45. The van der Waals surface area contributed by atoms with E-state index in [2.05, 4.69) is 47.1 Å². The lowest BCUT2D eigenvalue weighted by molar-refractivity contribution is 0.0286. The summed E-state index contributed by atoms with van der Waals surface area (Å²) in [5.74, 6) is -0.242. The molecular formula is C28H29FN2O. The van der Waals surface area contributed by atoms with Crippen LogP contribution in [-0.2, 0) is 18.5 Å². The second-order valence-corrected chi connectivity index (χ2v) is 9.19. The molecular weight excluding hydrogens is 399 g/mol. The molecule has 1 aliphatic carbocycles. The van der Waals surface area contributed by atoms with Gasteiger partial charge in [-0.1, -0.05) is 66.2 Å². The molecule has 5 rings (SSSR count). The van der Waals surface area contributed by atoms with E-state index < -0.39 is 5.54 Å². The zero-order chi connectivity index (χ0) is 22.3. The highest BCUT2D eigenvalue weighted by molar-refractivity contribution is 6.08. The summed E-state index contributed by atoms with van der Waals surface area (Å²) in [6, 6.07) is 21.6. The van der Waals surface area contributed by atoms with Gasteiger partial charge in [-0.15, -0.1) is 0 Å². The molecule has 0 bridgehead atoms. The maximum atomic E-state index is 14.7. The van der Waals surface area contributed by atoms with Crippen LogP contribution in [0.5, 0.6) is 0 Å². The molecule has 0 spiro atoms. The third-order valence-corrected chi connectivity index (χ3v) is 7.23. The van der Waals surface area contributed by atoms with Crippen molar-refractivity contribution in [3.63, 3.8) is 0 Å². The maximum absolute atomic E-state index is 14.7. The van der Waals surface area contributed by atoms with Crippen LogP contribution in [-0.4, -0.2) is 41.8 Å². The number of aryl methyl sites for hydroxylation is 2. The number of nitrogens with zero attached hydrogens (tertiary/aromatic N) is 2. The van der Waals surface area contributed by atoms with Gasteiger partial charge in [-0.2, -0.15) is 0 Å². The first kappa shape index (κ1) is 21.0. The Hall–Kier alpha value is -2.82. The Kier molecular flexibility index (Phi) is 5.44. The van der Waals surface area contributed by atoms with Crippen LogP contribution < -0.4 is 0 Å². The fourth-order valence-corrected chi connectivity index (χ4v) is 5.40. The highest BCUT2D eigenvalue weighted by Gasteiger charge is 2.52. The Bertz CT molecular complexity index is 1170. The van der Waals surface area contributed by atoms with Crippen molar-refractivity contribution in [2.75, 3.05) is 26.2 Å². The van der Waals surface area contributed by atoms with E-state index in [9.17, 15) is 9.18 Å². The predicted octanol–water partition coefficient (Wildman–Crippen LogP) is 4.89. The van der Waals surface area contributed by atoms with Crippen LogP contribution in [0, 0.1) is 19.7 Å². The van der Waals surface area contributed by atoms with Gasteiger partial charge in [0.2, 0.25) is 0 Å². The second kappa shape index (κ2) is 8.27. The summed E-state index contributed by atoms with van der Waals surface area (Å²) in [6.07, 6.45) is 0.398. The van der Waals surface area contributed by atoms with Crippen molar-refractivity contribution >= 4 is 5.78 Å². The summed E-state index contributed by atoms with van der Waals surface area (Å²) in [5, 5.41) is 0. The minimum Gasteiger partial charge on any atom is -0.297 e. The van der Waals surface area contributed by atoms with Crippen molar-refractivity contribution in [3.8, 4) is 0 Å². The van der Waals surface area contributed by atoms with Crippen LogP contribution in [0.1, 0.15) is 38.2 Å². The SMILES string of the molecule is Cc1cccc([C@]2(N3CCN(Cc4ccccc4C)CC3)Cc3c(F)cccc3C2=O)c1. The fraction of sp³-hybridized carbons (Fsp3) is 0.321. The van der Waals surface area contributed by atoms with Crippen molar-refractivity contribution < 1.29 is 9.18 Å². The fourth-order valence-electron chi connectivity index (χ4n) is 5.40. The largest absolute Gasteiger partial charge is 0.297 e. The van der Waals surface area contributed by atoms with Crippen LogP contribution in [0.2, 0.25) is 0 Å². The van der Waals surface area contributed by atoms with Gasteiger partial charge >= 0.3 is 0 Å². The number of rotatable bonds is 4. The summed E-state index contributed by atoms with van der Waals surface area (Å²) in [5.41, 5.74) is 5.01. The van der Waals surface area contributed by atoms with E-state index in [0.29, 0.717) is 17.5 Å². The Morgan fingerprint density at radius 2 is 1.66 bits per heavy atom. The summed E-state index contributed by atoms with van der Waals surface area (Å²) in [4.78, 5) is 18.6. The number of benzene rings is 3. The van der Waals surface area contributed by atoms with E-state index in [4.69, 9.17) is 0 Å². The van der Waals surface area contributed by atoms with Gasteiger partial charge in [0, 0.05) is 50.3 Å². The molecule has 3 nitrogen and oxygen atoms in total.